The highest BCUT2D eigenvalue weighted by Crippen LogP contribution is 2.39. The Morgan fingerprint density at radius 2 is 1.21 bits per heavy atom. The van der Waals surface area contributed by atoms with Crippen LogP contribution in [0.5, 0.6) is 17.2 Å². The SMILES string of the molecule is CCOc1cc(C(=O)O)ccc1NC(=O)c1ccc(NC(=O)c2ccc(NC(=O)C(NC(=O)c3ccc(NC(=O)c4ccc(N([O-])O)cc4)cc3)C(OC)C(N)=O)cc2)c(OC(C)C)c1O. The molecule has 0 radical (unpaired) electrons. The van der Waals surface area contributed by atoms with E-state index in [1.807, 2.05) is 0 Å². The molecule has 2 atom stereocenters. The zero-order chi connectivity index (χ0) is 48.2. The number of anilines is 5. The Bertz CT molecular complexity index is 2620. The van der Waals surface area contributed by atoms with E-state index in [1.165, 1.54) is 103 Å². The first kappa shape index (κ1) is 48.5. The molecule has 2 unspecified atom stereocenters. The van der Waals surface area contributed by atoms with Gasteiger partial charge in [0.15, 0.2) is 17.6 Å². The number of phenols is 1. The quantitative estimate of drug-likeness (QED) is 0.0494. The normalized spacial score (nSPS) is 11.6. The predicted molar refractivity (Wildman–Crippen MR) is 239 cm³/mol. The Morgan fingerprint density at radius 1 is 0.697 bits per heavy atom. The Labute approximate surface area is 376 Å². The van der Waals surface area contributed by atoms with E-state index in [9.17, 15) is 49.0 Å². The summed E-state index contributed by atoms with van der Waals surface area (Å²) in [5.74, 6) is -6.76. The summed E-state index contributed by atoms with van der Waals surface area (Å²) in [6, 6.07) is 20.8. The van der Waals surface area contributed by atoms with Gasteiger partial charge in [-0.15, -0.1) is 0 Å². The van der Waals surface area contributed by atoms with Crippen LogP contribution in [0.25, 0.3) is 0 Å². The Balaban J connectivity index is 1.26. The minimum absolute atomic E-state index is 0.0000949. The topological polar surface area (TPSA) is 320 Å². The molecule has 21 heteroatoms. The highest BCUT2D eigenvalue weighted by atomic mass is 16.8. The van der Waals surface area contributed by atoms with Gasteiger partial charge in [-0.3, -0.25) is 34.0 Å². The summed E-state index contributed by atoms with van der Waals surface area (Å²) < 4.78 is 16.5. The molecule has 10 N–H and O–H groups in total. The number of aromatic carboxylic acids is 1. The minimum Gasteiger partial charge on any atom is -0.733 e. The summed E-state index contributed by atoms with van der Waals surface area (Å²) in [5, 5.41) is 53.1. The first-order valence-electron chi connectivity index (χ1n) is 19.8. The van der Waals surface area contributed by atoms with Crippen molar-refractivity contribution >= 4 is 69.8 Å². The second kappa shape index (κ2) is 21.7. The molecule has 21 nitrogen and oxygen atoms in total. The van der Waals surface area contributed by atoms with Gasteiger partial charge in [-0.1, -0.05) is 0 Å². The van der Waals surface area contributed by atoms with Gasteiger partial charge in [0, 0.05) is 35.2 Å². The lowest BCUT2D eigenvalue weighted by Gasteiger charge is -2.24. The number of ether oxygens (including phenoxy) is 3. The van der Waals surface area contributed by atoms with E-state index in [0.29, 0.717) is 0 Å². The van der Waals surface area contributed by atoms with E-state index in [1.54, 1.807) is 20.8 Å². The number of aromatic hydroxyl groups is 1. The van der Waals surface area contributed by atoms with Crippen molar-refractivity contribution in [3.8, 4) is 17.2 Å². The number of nitrogens with two attached hydrogens (primary N) is 1. The predicted octanol–water partition coefficient (Wildman–Crippen LogP) is 4.96. The average molecular weight is 907 g/mol. The third-order valence-electron chi connectivity index (χ3n) is 9.33. The molecule has 0 aliphatic carbocycles. The van der Waals surface area contributed by atoms with Gasteiger partial charge in [0.2, 0.25) is 11.8 Å². The summed E-state index contributed by atoms with van der Waals surface area (Å²) in [4.78, 5) is 90.1. The van der Waals surface area contributed by atoms with Gasteiger partial charge in [0.25, 0.3) is 23.6 Å². The van der Waals surface area contributed by atoms with Crippen molar-refractivity contribution in [1.82, 2.24) is 5.32 Å². The Kier molecular flexibility index (Phi) is 16.0. The molecule has 0 aromatic heterocycles. The summed E-state index contributed by atoms with van der Waals surface area (Å²) >= 11 is 0. The number of carbonyl (C=O) groups excluding carboxylic acids is 6. The number of rotatable bonds is 19. The van der Waals surface area contributed by atoms with E-state index in [4.69, 9.17) is 25.2 Å². The molecule has 0 saturated heterocycles. The van der Waals surface area contributed by atoms with Gasteiger partial charge in [-0.2, -0.15) is 0 Å². The Hall–Kier alpha value is -8.53. The van der Waals surface area contributed by atoms with Crippen molar-refractivity contribution in [2.24, 2.45) is 5.73 Å². The van der Waals surface area contributed by atoms with Crippen LogP contribution in [0.1, 0.15) is 72.6 Å². The van der Waals surface area contributed by atoms with E-state index in [2.05, 4.69) is 26.6 Å². The highest BCUT2D eigenvalue weighted by molar-refractivity contribution is 6.10. The van der Waals surface area contributed by atoms with Crippen LogP contribution in [0, 0.1) is 5.21 Å². The number of nitrogens with zero attached hydrogens (tertiary/aromatic N) is 1. The van der Waals surface area contributed by atoms with E-state index in [0.717, 1.165) is 7.11 Å². The number of methoxy groups -OCH3 is 1. The van der Waals surface area contributed by atoms with Crippen molar-refractivity contribution < 1.29 is 63.2 Å². The molecule has 0 spiro atoms. The maximum absolute atomic E-state index is 13.6. The molecule has 0 aliphatic heterocycles. The smallest absolute Gasteiger partial charge is 0.335 e. The average Bonchev–Trinajstić information content (AvgIpc) is 3.28. The standard InChI is InChI=1S/C45H44N7O14/c1-5-65-34-22-27(45(60)61)12-20-32(34)49-43(58)31-19-21-33(37(36(31)53)66-23(2)3)50-41(56)24-6-15-29(16-7-24)48-44(59)35(38(64-4)39(46)54)51-42(57)25-8-13-28(14-9-25)47-40(55)26-10-17-30(18-11-26)52(62)63/h6-23,35,38,53,62H,5H2,1-4H3,(H2,46,54)(H,47,55)(H,48,59)(H,49,58)(H,50,56)(H,51,57)(H,60,61)/q-1. The molecule has 0 saturated carbocycles. The maximum Gasteiger partial charge on any atom is 0.335 e. The molecule has 344 valence electrons. The van der Waals surface area contributed by atoms with Crippen LogP contribution >= 0.6 is 0 Å². The van der Waals surface area contributed by atoms with Crippen LogP contribution in [0.2, 0.25) is 0 Å². The summed E-state index contributed by atoms with van der Waals surface area (Å²) in [6.07, 6.45) is -2.15. The first-order valence-corrected chi connectivity index (χ1v) is 19.8. The largest absolute Gasteiger partial charge is 0.733 e. The number of carboxylic acid groups (broad SMARTS) is 1. The monoisotopic (exact) mass is 906 g/mol. The second-order valence-electron chi connectivity index (χ2n) is 14.3. The number of phenolic OH excluding ortho intramolecular Hbond substituents is 1. The number of benzene rings is 5. The lowest BCUT2D eigenvalue weighted by molar-refractivity contribution is -0.134. The third-order valence-corrected chi connectivity index (χ3v) is 9.33. The van der Waals surface area contributed by atoms with Crippen LogP contribution in [0.15, 0.2) is 103 Å². The maximum atomic E-state index is 13.6. The summed E-state index contributed by atoms with van der Waals surface area (Å²) in [7, 11) is 1.11. The molecular formula is C45H44N7O14-. The third kappa shape index (κ3) is 12.1. The van der Waals surface area contributed by atoms with Crippen LogP contribution in [0.3, 0.4) is 0 Å². The zero-order valence-corrected chi connectivity index (χ0v) is 35.6. The van der Waals surface area contributed by atoms with E-state index >= 15 is 0 Å². The van der Waals surface area contributed by atoms with E-state index in [-0.39, 0.29) is 79.6 Å². The number of hydrogen-bond acceptors (Lipinski definition) is 14. The number of carboxylic acids is 1. The molecule has 0 heterocycles. The van der Waals surface area contributed by atoms with Gasteiger partial charge in [-0.05, 0) is 124 Å². The van der Waals surface area contributed by atoms with Crippen LogP contribution < -0.4 is 47.0 Å². The second-order valence-corrected chi connectivity index (χ2v) is 14.3. The van der Waals surface area contributed by atoms with Crippen molar-refractivity contribution in [2.75, 3.05) is 40.2 Å². The molecule has 5 aromatic rings. The van der Waals surface area contributed by atoms with Crippen molar-refractivity contribution in [2.45, 2.75) is 39.0 Å². The fourth-order valence-electron chi connectivity index (χ4n) is 6.12. The molecule has 5 rings (SSSR count). The number of hydrogen-bond donors (Lipinski definition) is 9. The molecule has 6 amide bonds. The number of carbonyl (C=O) groups is 7. The minimum atomic E-state index is -1.66. The van der Waals surface area contributed by atoms with Gasteiger partial charge < -0.3 is 67.2 Å². The lowest BCUT2D eigenvalue weighted by Crippen LogP contribution is -2.56. The zero-order valence-electron chi connectivity index (χ0n) is 35.6. The molecule has 66 heavy (non-hydrogen) atoms. The fraction of sp³-hybridized carbons (Fsp3) is 0.178. The number of nitrogens with one attached hydrogen (secondary N) is 5. The molecule has 0 fully saturated rings. The van der Waals surface area contributed by atoms with Gasteiger partial charge in [0.05, 0.1) is 40.9 Å². The first-order chi connectivity index (χ1) is 31.4. The van der Waals surface area contributed by atoms with Crippen LogP contribution in [0.4, 0.5) is 28.4 Å². The van der Waals surface area contributed by atoms with Crippen molar-refractivity contribution in [1.29, 1.82) is 0 Å². The molecular weight excluding hydrogens is 863 g/mol. The Morgan fingerprint density at radius 3 is 1.74 bits per heavy atom. The van der Waals surface area contributed by atoms with Crippen LogP contribution in [-0.4, -0.2) is 88.8 Å². The molecule has 0 aliphatic rings. The van der Waals surface area contributed by atoms with Crippen molar-refractivity contribution in [3.63, 3.8) is 0 Å². The summed E-state index contributed by atoms with van der Waals surface area (Å²) in [6.45, 7) is 5.17. The summed E-state index contributed by atoms with van der Waals surface area (Å²) in [5.41, 5.74) is 5.95. The van der Waals surface area contributed by atoms with Gasteiger partial charge in [-0.25, -0.2) is 4.79 Å². The lowest BCUT2D eigenvalue weighted by atomic mass is 10.1. The van der Waals surface area contributed by atoms with E-state index < -0.39 is 65.4 Å². The highest BCUT2D eigenvalue weighted by Gasteiger charge is 2.34. The van der Waals surface area contributed by atoms with Gasteiger partial charge in [0.1, 0.15) is 11.8 Å². The number of amides is 6. The number of primary amides is 1. The van der Waals surface area contributed by atoms with Crippen molar-refractivity contribution in [3.05, 3.63) is 136 Å². The van der Waals surface area contributed by atoms with Crippen LogP contribution in [-0.2, 0) is 14.3 Å². The van der Waals surface area contributed by atoms with Gasteiger partial charge >= 0.3 is 5.97 Å². The molecule has 5 aromatic carbocycles. The molecule has 0 bridgehead atoms. The fourth-order valence-corrected chi connectivity index (χ4v) is 6.12.